The third-order valence-corrected chi connectivity index (χ3v) is 0.825. The summed E-state index contributed by atoms with van der Waals surface area (Å²) in [6.07, 6.45) is 9.65. The van der Waals surface area contributed by atoms with Gasteiger partial charge < -0.3 is 4.52 Å². The van der Waals surface area contributed by atoms with Crippen LogP contribution in [0.1, 0.15) is 0 Å². The first kappa shape index (κ1) is 7.40. The SMILES string of the molecule is c1cnccn1.c1cnoc1. The summed E-state index contributed by atoms with van der Waals surface area (Å²) in [7, 11) is 0. The average Bonchev–Trinajstić information content (AvgIpc) is 2.64. The van der Waals surface area contributed by atoms with Gasteiger partial charge in [0.1, 0.15) is 6.26 Å². The third kappa shape index (κ3) is 3.80. The maximum atomic E-state index is 4.33. The number of aromatic nitrogens is 3. The van der Waals surface area contributed by atoms with Crippen molar-refractivity contribution in [1.82, 2.24) is 15.1 Å². The van der Waals surface area contributed by atoms with Crippen molar-refractivity contribution in [3.8, 4) is 0 Å². The molecule has 2 heterocycles. The van der Waals surface area contributed by atoms with Crippen molar-refractivity contribution in [2.75, 3.05) is 0 Å². The van der Waals surface area contributed by atoms with Crippen LogP contribution >= 0.6 is 0 Å². The Kier molecular flexibility index (Phi) is 3.43. The molecule has 0 aliphatic heterocycles. The molecule has 0 unspecified atom stereocenters. The van der Waals surface area contributed by atoms with Crippen LogP contribution < -0.4 is 0 Å². The van der Waals surface area contributed by atoms with Gasteiger partial charge in [0.2, 0.25) is 0 Å². The maximum absolute atomic E-state index is 4.33. The molecule has 0 amide bonds. The smallest absolute Gasteiger partial charge is 0.123 e. The van der Waals surface area contributed by atoms with Gasteiger partial charge >= 0.3 is 0 Å². The van der Waals surface area contributed by atoms with Crippen LogP contribution in [0.4, 0.5) is 0 Å². The fourth-order valence-electron chi connectivity index (χ4n) is 0.429. The molecule has 0 saturated heterocycles. The predicted molar refractivity (Wildman–Crippen MR) is 38.5 cm³/mol. The minimum Gasteiger partial charge on any atom is -0.365 e. The molecule has 2 aromatic rings. The van der Waals surface area contributed by atoms with E-state index in [4.69, 9.17) is 0 Å². The summed E-state index contributed by atoms with van der Waals surface area (Å²) >= 11 is 0. The monoisotopic (exact) mass is 149 g/mol. The molecule has 0 atom stereocenters. The Bertz CT molecular complexity index is 200. The lowest BCUT2D eigenvalue weighted by Gasteiger charge is -1.70. The zero-order valence-corrected chi connectivity index (χ0v) is 5.79. The first-order valence-corrected chi connectivity index (χ1v) is 3.04. The Morgan fingerprint density at radius 1 is 0.818 bits per heavy atom. The van der Waals surface area contributed by atoms with Gasteiger partial charge in [0.05, 0.1) is 6.20 Å². The Labute approximate surface area is 63.9 Å². The van der Waals surface area contributed by atoms with Crippen LogP contribution in [-0.2, 0) is 0 Å². The lowest BCUT2D eigenvalue weighted by molar-refractivity contribution is 0.420. The maximum Gasteiger partial charge on any atom is 0.123 e. The van der Waals surface area contributed by atoms with Crippen LogP contribution in [0.25, 0.3) is 0 Å². The predicted octanol–water partition coefficient (Wildman–Crippen LogP) is 1.15. The highest BCUT2D eigenvalue weighted by molar-refractivity contribution is 4.70. The summed E-state index contributed by atoms with van der Waals surface area (Å²) in [6, 6.07) is 1.72. The van der Waals surface area contributed by atoms with Gasteiger partial charge in [0.15, 0.2) is 0 Å². The molecule has 0 spiro atoms. The van der Waals surface area contributed by atoms with Crippen molar-refractivity contribution in [1.29, 1.82) is 0 Å². The molecule has 4 heteroatoms. The molecule has 0 fully saturated rings. The van der Waals surface area contributed by atoms with Gasteiger partial charge in [-0.05, 0) is 6.07 Å². The highest BCUT2D eigenvalue weighted by Gasteiger charge is 1.60. The van der Waals surface area contributed by atoms with E-state index in [0.29, 0.717) is 0 Å². The van der Waals surface area contributed by atoms with Gasteiger partial charge in [-0.3, -0.25) is 9.97 Å². The number of hydrogen-bond donors (Lipinski definition) is 0. The van der Waals surface area contributed by atoms with Gasteiger partial charge in [-0.1, -0.05) is 5.16 Å². The van der Waals surface area contributed by atoms with E-state index in [1.807, 2.05) is 0 Å². The molecule has 56 valence electrons. The number of rotatable bonds is 0. The van der Waals surface area contributed by atoms with Crippen LogP contribution in [0.5, 0.6) is 0 Å². The first-order chi connectivity index (χ1) is 5.50. The third-order valence-electron chi connectivity index (χ3n) is 0.825. The first-order valence-electron chi connectivity index (χ1n) is 3.04. The second kappa shape index (κ2) is 5.10. The minimum absolute atomic E-state index is 1.51. The summed E-state index contributed by atoms with van der Waals surface area (Å²) in [4.78, 5) is 7.44. The van der Waals surface area contributed by atoms with E-state index in [9.17, 15) is 0 Å². The molecule has 0 aliphatic rings. The van der Waals surface area contributed by atoms with E-state index in [2.05, 4.69) is 19.6 Å². The molecular weight excluding hydrogens is 142 g/mol. The van der Waals surface area contributed by atoms with E-state index < -0.39 is 0 Å². The van der Waals surface area contributed by atoms with Gasteiger partial charge in [0, 0.05) is 24.8 Å². The largest absolute Gasteiger partial charge is 0.365 e. The van der Waals surface area contributed by atoms with E-state index >= 15 is 0 Å². The van der Waals surface area contributed by atoms with Gasteiger partial charge in [-0.15, -0.1) is 0 Å². The van der Waals surface area contributed by atoms with Crippen molar-refractivity contribution in [3.63, 3.8) is 0 Å². The van der Waals surface area contributed by atoms with Crippen LogP contribution in [0.3, 0.4) is 0 Å². The molecule has 0 bridgehead atoms. The van der Waals surface area contributed by atoms with Crippen LogP contribution in [-0.4, -0.2) is 15.1 Å². The van der Waals surface area contributed by atoms with Gasteiger partial charge in [0.25, 0.3) is 0 Å². The topological polar surface area (TPSA) is 51.8 Å². The molecule has 11 heavy (non-hydrogen) atoms. The highest BCUT2D eigenvalue weighted by Crippen LogP contribution is 1.72. The summed E-state index contributed by atoms with van der Waals surface area (Å²) in [5, 5.41) is 3.35. The Balaban J connectivity index is 0.000000112. The number of hydrogen-bond acceptors (Lipinski definition) is 4. The van der Waals surface area contributed by atoms with E-state index in [-0.39, 0.29) is 0 Å². The van der Waals surface area contributed by atoms with Gasteiger partial charge in [-0.25, -0.2) is 0 Å². The van der Waals surface area contributed by atoms with E-state index in [1.165, 1.54) is 6.26 Å². The Hall–Kier alpha value is -1.71. The molecule has 2 aromatic heterocycles. The van der Waals surface area contributed by atoms with E-state index in [0.717, 1.165) is 0 Å². The second-order valence-corrected chi connectivity index (χ2v) is 1.58. The normalized spacial score (nSPS) is 8.00. The van der Waals surface area contributed by atoms with Crippen LogP contribution in [0.2, 0.25) is 0 Å². The fourth-order valence-corrected chi connectivity index (χ4v) is 0.429. The van der Waals surface area contributed by atoms with E-state index in [1.54, 1.807) is 37.1 Å². The molecule has 0 N–H and O–H groups in total. The molecule has 0 aliphatic carbocycles. The van der Waals surface area contributed by atoms with Gasteiger partial charge in [-0.2, -0.15) is 0 Å². The van der Waals surface area contributed by atoms with Crippen molar-refractivity contribution in [3.05, 3.63) is 43.3 Å². The number of nitrogens with zero attached hydrogens (tertiary/aromatic N) is 3. The molecule has 0 aromatic carbocycles. The highest BCUT2D eigenvalue weighted by atomic mass is 16.5. The Morgan fingerprint density at radius 2 is 1.45 bits per heavy atom. The quantitative estimate of drug-likeness (QED) is 0.563. The lowest BCUT2D eigenvalue weighted by Crippen LogP contribution is -1.66. The zero-order chi connectivity index (χ0) is 7.78. The zero-order valence-electron chi connectivity index (χ0n) is 5.79. The standard InChI is InChI=1S/C4H4N2.C3H3NO/c1-2-6-4-3-5-1;1-2-4-5-3-1/h1-4H;1-3H. The molecular formula is C7H7N3O. The van der Waals surface area contributed by atoms with Crippen LogP contribution in [0.15, 0.2) is 47.8 Å². The second-order valence-electron chi connectivity index (χ2n) is 1.58. The molecule has 0 radical (unpaired) electrons. The summed E-state index contributed by atoms with van der Waals surface area (Å²) < 4.78 is 4.33. The molecule has 2 rings (SSSR count). The molecule has 4 nitrogen and oxygen atoms in total. The summed E-state index contributed by atoms with van der Waals surface area (Å²) in [5.74, 6) is 0. The van der Waals surface area contributed by atoms with Crippen molar-refractivity contribution < 1.29 is 4.52 Å². The lowest BCUT2D eigenvalue weighted by atomic mass is 10.8. The summed E-state index contributed by atoms with van der Waals surface area (Å²) in [6.45, 7) is 0. The van der Waals surface area contributed by atoms with Crippen LogP contribution in [0, 0.1) is 0 Å². The molecule has 0 saturated carbocycles. The van der Waals surface area contributed by atoms with Crippen molar-refractivity contribution in [2.24, 2.45) is 0 Å². The fraction of sp³-hybridized carbons (Fsp3) is 0. The van der Waals surface area contributed by atoms with Crippen molar-refractivity contribution in [2.45, 2.75) is 0 Å². The Morgan fingerprint density at radius 3 is 1.64 bits per heavy atom. The average molecular weight is 149 g/mol. The summed E-state index contributed by atoms with van der Waals surface area (Å²) in [5.41, 5.74) is 0. The van der Waals surface area contributed by atoms with Crippen molar-refractivity contribution >= 4 is 0 Å². The minimum atomic E-state index is 1.51.